The minimum Gasteiger partial charge on any atom is -0.381 e. The van der Waals surface area contributed by atoms with Gasteiger partial charge in [-0.05, 0) is 18.8 Å². The third-order valence-corrected chi connectivity index (χ3v) is 1.65. The molecule has 0 N–H and O–H groups in total. The molecule has 9 heavy (non-hydrogen) atoms. The van der Waals surface area contributed by atoms with Gasteiger partial charge < -0.3 is 4.74 Å². The molecule has 0 rings (SSSR count). The maximum atomic E-state index is 5.29. The lowest BCUT2D eigenvalue weighted by atomic mass is 9.92. The van der Waals surface area contributed by atoms with Gasteiger partial charge in [0.05, 0.1) is 6.61 Å². The molecule has 0 amide bonds. The maximum absolute atomic E-state index is 5.29. The van der Waals surface area contributed by atoms with Gasteiger partial charge >= 0.3 is 0 Å². The lowest BCUT2D eigenvalue weighted by molar-refractivity contribution is 0.0688. The van der Waals surface area contributed by atoms with Crippen LogP contribution in [0.2, 0.25) is 0 Å². The van der Waals surface area contributed by atoms with Gasteiger partial charge in [-0.3, -0.25) is 0 Å². The fourth-order valence-electron chi connectivity index (χ4n) is 0.480. The highest BCUT2D eigenvalue weighted by Crippen LogP contribution is 2.19. The third kappa shape index (κ3) is 4.46. The molecule has 0 fully saturated rings. The first-order chi connectivity index (χ1) is 4.12. The van der Waals surface area contributed by atoms with E-state index >= 15 is 0 Å². The summed E-state index contributed by atoms with van der Waals surface area (Å²) in [6.07, 6.45) is 1.19. The average Bonchev–Trinajstić information content (AvgIpc) is 1.84. The summed E-state index contributed by atoms with van der Waals surface area (Å²) in [5, 5.41) is 0. The van der Waals surface area contributed by atoms with E-state index in [1.54, 1.807) is 0 Å². The van der Waals surface area contributed by atoms with Crippen LogP contribution in [0.4, 0.5) is 0 Å². The van der Waals surface area contributed by atoms with Gasteiger partial charge in [-0.25, -0.2) is 0 Å². The van der Waals surface area contributed by atoms with E-state index in [9.17, 15) is 0 Å². The number of rotatable bonds is 4. The zero-order valence-electron chi connectivity index (χ0n) is 7.03. The Hall–Kier alpha value is -0.0400. The minimum atomic E-state index is 0.371. The molecule has 1 nitrogen and oxygen atoms in total. The quantitative estimate of drug-likeness (QED) is 0.568. The van der Waals surface area contributed by atoms with Crippen molar-refractivity contribution in [3.8, 4) is 0 Å². The van der Waals surface area contributed by atoms with Gasteiger partial charge in [0.1, 0.15) is 0 Å². The SMILES string of the molecule is CCOCC(C)(C)CC. The first kappa shape index (κ1) is 8.96. The molecule has 0 aromatic rings. The number of ether oxygens (including phenoxy) is 1. The second-order valence-electron chi connectivity index (χ2n) is 3.15. The molecule has 0 aliphatic rings. The second kappa shape index (κ2) is 3.89. The normalized spacial score (nSPS) is 12.0. The van der Waals surface area contributed by atoms with Crippen LogP contribution in [-0.2, 0) is 4.74 Å². The van der Waals surface area contributed by atoms with Gasteiger partial charge in [0, 0.05) is 6.61 Å². The maximum Gasteiger partial charge on any atom is 0.0516 e. The van der Waals surface area contributed by atoms with Crippen LogP contribution in [0.25, 0.3) is 0 Å². The summed E-state index contributed by atoms with van der Waals surface area (Å²) < 4.78 is 5.29. The summed E-state index contributed by atoms with van der Waals surface area (Å²) in [5.74, 6) is 0. The van der Waals surface area contributed by atoms with Gasteiger partial charge in [-0.2, -0.15) is 0 Å². The standard InChI is InChI=1S/C8H18O/c1-5-8(3,4)7-9-6-2/h5-7H2,1-4H3. The smallest absolute Gasteiger partial charge is 0.0516 e. The Morgan fingerprint density at radius 1 is 1.22 bits per heavy atom. The van der Waals surface area contributed by atoms with Gasteiger partial charge in [0.25, 0.3) is 0 Å². The Labute approximate surface area is 58.4 Å². The highest BCUT2D eigenvalue weighted by Gasteiger charge is 2.13. The third-order valence-electron chi connectivity index (χ3n) is 1.65. The second-order valence-corrected chi connectivity index (χ2v) is 3.15. The van der Waals surface area contributed by atoms with Crippen LogP contribution in [0.15, 0.2) is 0 Å². The van der Waals surface area contributed by atoms with E-state index in [4.69, 9.17) is 4.74 Å². The molecule has 0 bridgehead atoms. The Morgan fingerprint density at radius 3 is 2.11 bits per heavy atom. The Bertz CT molecular complexity index is 67.0. The molecule has 0 aliphatic carbocycles. The highest BCUT2D eigenvalue weighted by molar-refractivity contribution is 4.63. The summed E-state index contributed by atoms with van der Waals surface area (Å²) in [6.45, 7) is 10.4. The lowest BCUT2D eigenvalue weighted by Crippen LogP contribution is -2.17. The van der Waals surface area contributed by atoms with Crippen molar-refractivity contribution < 1.29 is 4.74 Å². The van der Waals surface area contributed by atoms with E-state index in [0.717, 1.165) is 13.2 Å². The minimum absolute atomic E-state index is 0.371. The molecule has 0 atom stereocenters. The van der Waals surface area contributed by atoms with E-state index < -0.39 is 0 Å². The average molecular weight is 130 g/mol. The Morgan fingerprint density at radius 2 is 1.78 bits per heavy atom. The summed E-state index contributed by atoms with van der Waals surface area (Å²) in [6, 6.07) is 0. The van der Waals surface area contributed by atoms with E-state index in [-0.39, 0.29) is 0 Å². The van der Waals surface area contributed by atoms with Gasteiger partial charge in [-0.1, -0.05) is 20.8 Å². The topological polar surface area (TPSA) is 9.23 Å². The van der Waals surface area contributed by atoms with Crippen molar-refractivity contribution in [3.05, 3.63) is 0 Å². The molecule has 0 unspecified atom stereocenters. The molecule has 0 heterocycles. The molecule has 0 saturated heterocycles. The van der Waals surface area contributed by atoms with Crippen LogP contribution in [0.5, 0.6) is 0 Å². The Balaban J connectivity index is 3.33. The molecular weight excluding hydrogens is 112 g/mol. The van der Waals surface area contributed by atoms with Crippen molar-refractivity contribution >= 4 is 0 Å². The molecule has 56 valence electrons. The van der Waals surface area contributed by atoms with Crippen molar-refractivity contribution in [2.45, 2.75) is 34.1 Å². The van der Waals surface area contributed by atoms with Crippen molar-refractivity contribution in [2.24, 2.45) is 5.41 Å². The predicted molar refractivity (Wildman–Crippen MR) is 40.6 cm³/mol. The summed E-state index contributed by atoms with van der Waals surface area (Å²) in [5.41, 5.74) is 0.371. The van der Waals surface area contributed by atoms with Gasteiger partial charge in [-0.15, -0.1) is 0 Å². The van der Waals surface area contributed by atoms with Crippen LogP contribution in [0, 0.1) is 5.41 Å². The van der Waals surface area contributed by atoms with Crippen LogP contribution < -0.4 is 0 Å². The van der Waals surface area contributed by atoms with Crippen LogP contribution in [0.1, 0.15) is 34.1 Å². The zero-order chi connectivity index (χ0) is 7.33. The van der Waals surface area contributed by atoms with Crippen molar-refractivity contribution in [3.63, 3.8) is 0 Å². The van der Waals surface area contributed by atoms with Crippen molar-refractivity contribution in [2.75, 3.05) is 13.2 Å². The lowest BCUT2D eigenvalue weighted by Gasteiger charge is -2.21. The van der Waals surface area contributed by atoms with E-state index in [1.807, 2.05) is 6.92 Å². The first-order valence-electron chi connectivity index (χ1n) is 3.70. The van der Waals surface area contributed by atoms with Gasteiger partial charge in [0.15, 0.2) is 0 Å². The van der Waals surface area contributed by atoms with E-state index in [0.29, 0.717) is 5.41 Å². The van der Waals surface area contributed by atoms with E-state index in [2.05, 4.69) is 20.8 Å². The molecular formula is C8H18O. The van der Waals surface area contributed by atoms with Crippen LogP contribution >= 0.6 is 0 Å². The molecule has 0 aromatic carbocycles. The van der Waals surface area contributed by atoms with Crippen LogP contribution in [0.3, 0.4) is 0 Å². The fraction of sp³-hybridized carbons (Fsp3) is 1.00. The summed E-state index contributed by atoms with van der Waals surface area (Å²) in [7, 11) is 0. The predicted octanol–water partition coefficient (Wildman–Crippen LogP) is 2.46. The first-order valence-corrected chi connectivity index (χ1v) is 3.70. The highest BCUT2D eigenvalue weighted by atomic mass is 16.5. The van der Waals surface area contributed by atoms with Crippen molar-refractivity contribution in [1.82, 2.24) is 0 Å². The van der Waals surface area contributed by atoms with Gasteiger partial charge in [0.2, 0.25) is 0 Å². The van der Waals surface area contributed by atoms with Crippen LogP contribution in [-0.4, -0.2) is 13.2 Å². The summed E-state index contributed by atoms with van der Waals surface area (Å²) >= 11 is 0. The molecule has 0 aliphatic heterocycles. The Kier molecular flexibility index (Phi) is 3.87. The molecule has 0 aromatic heterocycles. The fourth-order valence-corrected chi connectivity index (χ4v) is 0.480. The zero-order valence-corrected chi connectivity index (χ0v) is 7.03. The summed E-state index contributed by atoms with van der Waals surface area (Å²) in [4.78, 5) is 0. The molecule has 1 heteroatoms. The van der Waals surface area contributed by atoms with Crippen molar-refractivity contribution in [1.29, 1.82) is 0 Å². The largest absolute Gasteiger partial charge is 0.381 e. The monoisotopic (exact) mass is 130 g/mol. The molecule has 0 radical (unpaired) electrons. The molecule has 0 spiro atoms. The number of hydrogen-bond donors (Lipinski definition) is 0. The van der Waals surface area contributed by atoms with E-state index in [1.165, 1.54) is 6.42 Å². The molecule has 0 saturated carbocycles. The number of hydrogen-bond acceptors (Lipinski definition) is 1.